The van der Waals surface area contributed by atoms with Gasteiger partial charge >= 0.3 is 0 Å². The number of amides is 1. The number of aromatic hydroxyl groups is 1. The zero-order valence-electron chi connectivity index (χ0n) is 10.9. The van der Waals surface area contributed by atoms with Crippen LogP contribution in [0.5, 0.6) is 11.5 Å². The van der Waals surface area contributed by atoms with Gasteiger partial charge in [-0.1, -0.05) is 12.1 Å². The lowest BCUT2D eigenvalue weighted by molar-refractivity contribution is -0.110. The predicted octanol–water partition coefficient (Wildman–Crippen LogP) is 2.89. The Balaban J connectivity index is 2.06. The van der Waals surface area contributed by atoms with E-state index in [4.69, 9.17) is 4.74 Å². The van der Waals surface area contributed by atoms with E-state index in [0.29, 0.717) is 11.3 Å². The Morgan fingerprint density at radius 1 is 1.20 bits per heavy atom. The summed E-state index contributed by atoms with van der Waals surface area (Å²) in [5.74, 6) is 0.715. The van der Waals surface area contributed by atoms with Gasteiger partial charge in [0.1, 0.15) is 11.5 Å². The van der Waals surface area contributed by atoms with Gasteiger partial charge in [0.05, 0.1) is 12.8 Å². The van der Waals surface area contributed by atoms with Gasteiger partial charge in [0.15, 0.2) is 0 Å². The van der Waals surface area contributed by atoms with Crippen molar-refractivity contribution in [2.24, 2.45) is 0 Å². The molecule has 0 fully saturated rings. The van der Waals surface area contributed by atoms with Gasteiger partial charge in [0, 0.05) is 17.2 Å². The Morgan fingerprint density at radius 2 is 2.05 bits per heavy atom. The van der Waals surface area contributed by atoms with Crippen molar-refractivity contribution in [3.05, 3.63) is 53.6 Å². The van der Waals surface area contributed by atoms with Crippen molar-refractivity contribution in [1.29, 1.82) is 0 Å². The number of hydrogen-bond donors (Lipinski definition) is 2. The van der Waals surface area contributed by atoms with Gasteiger partial charge in [-0.25, -0.2) is 0 Å². The number of benzene rings is 2. The summed E-state index contributed by atoms with van der Waals surface area (Å²) in [5.41, 5.74) is 2.92. The Bertz CT molecular complexity index is 719. The fourth-order valence-corrected chi connectivity index (χ4v) is 2.23. The van der Waals surface area contributed by atoms with Gasteiger partial charge in [-0.2, -0.15) is 0 Å². The number of carbonyl (C=O) groups excluding carboxylic acids is 1. The largest absolute Gasteiger partial charge is 0.508 e. The van der Waals surface area contributed by atoms with Crippen LogP contribution in [-0.2, 0) is 4.79 Å². The molecule has 2 aromatic carbocycles. The molecule has 0 atom stereocenters. The molecule has 0 aliphatic carbocycles. The van der Waals surface area contributed by atoms with Crippen molar-refractivity contribution < 1.29 is 14.6 Å². The second-order valence-corrected chi connectivity index (χ2v) is 4.52. The average Bonchev–Trinajstić information content (AvgIpc) is 2.74. The van der Waals surface area contributed by atoms with Crippen LogP contribution in [0.3, 0.4) is 0 Å². The van der Waals surface area contributed by atoms with Crippen molar-refractivity contribution in [2.75, 3.05) is 12.4 Å². The first-order chi connectivity index (χ1) is 9.67. The molecule has 4 nitrogen and oxygen atoms in total. The van der Waals surface area contributed by atoms with Crippen LogP contribution in [0.25, 0.3) is 11.6 Å². The Kier molecular flexibility index (Phi) is 2.91. The number of anilines is 1. The summed E-state index contributed by atoms with van der Waals surface area (Å²) in [6.07, 6.45) is 1.76. The topological polar surface area (TPSA) is 58.6 Å². The summed E-state index contributed by atoms with van der Waals surface area (Å²) in [4.78, 5) is 12.0. The van der Waals surface area contributed by atoms with Gasteiger partial charge in [0.2, 0.25) is 0 Å². The molecule has 2 aromatic rings. The third-order valence-electron chi connectivity index (χ3n) is 3.19. The normalized spacial score (nSPS) is 15.1. The quantitative estimate of drug-likeness (QED) is 0.822. The smallest absolute Gasteiger partial charge is 0.256 e. The molecule has 0 radical (unpaired) electrons. The van der Waals surface area contributed by atoms with E-state index < -0.39 is 0 Å². The maximum atomic E-state index is 12.0. The van der Waals surface area contributed by atoms with Crippen molar-refractivity contribution in [1.82, 2.24) is 0 Å². The minimum atomic E-state index is -0.156. The molecule has 0 saturated carbocycles. The summed E-state index contributed by atoms with van der Waals surface area (Å²) in [7, 11) is 1.59. The van der Waals surface area contributed by atoms with Crippen molar-refractivity contribution in [3.8, 4) is 11.5 Å². The van der Waals surface area contributed by atoms with Crippen molar-refractivity contribution in [2.45, 2.75) is 0 Å². The lowest BCUT2D eigenvalue weighted by Crippen LogP contribution is -2.03. The molecule has 0 bridgehead atoms. The Labute approximate surface area is 116 Å². The van der Waals surface area contributed by atoms with E-state index in [0.717, 1.165) is 16.8 Å². The molecule has 0 saturated heterocycles. The molecule has 1 heterocycles. The molecule has 1 aliphatic rings. The molecule has 2 N–H and O–H groups in total. The first kappa shape index (κ1) is 12.3. The highest BCUT2D eigenvalue weighted by molar-refractivity contribution is 6.35. The van der Waals surface area contributed by atoms with E-state index in [2.05, 4.69) is 5.32 Å². The molecule has 3 rings (SSSR count). The van der Waals surface area contributed by atoms with Crippen LogP contribution in [0.2, 0.25) is 0 Å². The molecule has 0 unspecified atom stereocenters. The van der Waals surface area contributed by atoms with Crippen molar-refractivity contribution >= 4 is 23.2 Å². The lowest BCUT2D eigenvalue weighted by atomic mass is 10.0. The molecule has 1 amide bonds. The highest BCUT2D eigenvalue weighted by atomic mass is 16.5. The second kappa shape index (κ2) is 4.74. The van der Waals surface area contributed by atoms with Gasteiger partial charge in [0.25, 0.3) is 5.91 Å². The third kappa shape index (κ3) is 2.12. The Hall–Kier alpha value is -2.75. The number of methoxy groups -OCH3 is 1. The monoisotopic (exact) mass is 267 g/mol. The van der Waals surface area contributed by atoms with Crippen LogP contribution < -0.4 is 10.1 Å². The number of rotatable bonds is 2. The number of fused-ring (bicyclic) bond motifs is 1. The fourth-order valence-electron chi connectivity index (χ4n) is 2.23. The summed E-state index contributed by atoms with van der Waals surface area (Å²) < 4.78 is 5.14. The van der Waals surface area contributed by atoms with Gasteiger partial charge in [-0.05, 0) is 35.9 Å². The zero-order valence-corrected chi connectivity index (χ0v) is 10.9. The SMILES string of the molecule is COc1ccc2c(c1)NC(=O)C2=Cc1cccc(O)c1. The Morgan fingerprint density at radius 3 is 2.80 bits per heavy atom. The molecule has 100 valence electrons. The maximum absolute atomic E-state index is 12.0. The van der Waals surface area contributed by atoms with Gasteiger partial charge in [-0.3, -0.25) is 4.79 Å². The van der Waals surface area contributed by atoms with Crippen LogP contribution in [-0.4, -0.2) is 18.1 Å². The molecular weight excluding hydrogens is 254 g/mol. The number of hydrogen-bond acceptors (Lipinski definition) is 3. The molecule has 0 spiro atoms. The first-order valence-corrected chi connectivity index (χ1v) is 6.18. The highest BCUT2D eigenvalue weighted by Crippen LogP contribution is 2.35. The highest BCUT2D eigenvalue weighted by Gasteiger charge is 2.24. The van der Waals surface area contributed by atoms with E-state index >= 15 is 0 Å². The number of nitrogens with one attached hydrogen (secondary N) is 1. The number of ether oxygens (including phenoxy) is 1. The van der Waals surface area contributed by atoms with Crippen LogP contribution in [0.4, 0.5) is 5.69 Å². The first-order valence-electron chi connectivity index (χ1n) is 6.18. The van der Waals surface area contributed by atoms with Crippen LogP contribution >= 0.6 is 0 Å². The van der Waals surface area contributed by atoms with E-state index in [1.807, 2.05) is 18.2 Å². The van der Waals surface area contributed by atoms with E-state index in [9.17, 15) is 9.90 Å². The zero-order chi connectivity index (χ0) is 14.1. The van der Waals surface area contributed by atoms with Crippen LogP contribution in [0.15, 0.2) is 42.5 Å². The van der Waals surface area contributed by atoms with Gasteiger partial charge in [-0.15, -0.1) is 0 Å². The maximum Gasteiger partial charge on any atom is 0.256 e. The summed E-state index contributed by atoms with van der Waals surface area (Å²) in [5, 5.41) is 12.3. The van der Waals surface area contributed by atoms with E-state index in [1.165, 1.54) is 0 Å². The van der Waals surface area contributed by atoms with Gasteiger partial charge < -0.3 is 15.2 Å². The fraction of sp³-hybridized carbons (Fsp3) is 0.0625. The molecule has 20 heavy (non-hydrogen) atoms. The molecule has 0 aromatic heterocycles. The van der Waals surface area contributed by atoms with E-state index in [-0.39, 0.29) is 11.7 Å². The molecule has 4 heteroatoms. The standard InChI is InChI=1S/C16H13NO3/c1-20-12-5-6-13-14(16(19)17-15(13)9-12)8-10-3-2-4-11(18)7-10/h2-9,18H,1H3,(H,17,19). The second-order valence-electron chi connectivity index (χ2n) is 4.52. The minimum Gasteiger partial charge on any atom is -0.508 e. The summed E-state index contributed by atoms with van der Waals surface area (Å²) in [6, 6.07) is 12.2. The summed E-state index contributed by atoms with van der Waals surface area (Å²) >= 11 is 0. The van der Waals surface area contributed by atoms with Crippen molar-refractivity contribution in [3.63, 3.8) is 0 Å². The van der Waals surface area contributed by atoms with E-state index in [1.54, 1.807) is 37.5 Å². The predicted molar refractivity (Wildman–Crippen MR) is 77.6 cm³/mol. The average molecular weight is 267 g/mol. The number of carbonyl (C=O) groups is 1. The summed E-state index contributed by atoms with van der Waals surface area (Å²) in [6.45, 7) is 0. The third-order valence-corrected chi connectivity index (χ3v) is 3.19. The van der Waals surface area contributed by atoms with Crippen LogP contribution in [0.1, 0.15) is 11.1 Å². The number of phenolic OH excluding ortho intramolecular Hbond substituents is 1. The van der Waals surface area contributed by atoms with Crippen LogP contribution in [0, 0.1) is 0 Å². The lowest BCUT2D eigenvalue weighted by Gasteiger charge is -2.02. The minimum absolute atomic E-state index is 0.156. The molecule has 1 aliphatic heterocycles. The molecular formula is C16H13NO3. The number of phenols is 1.